The normalized spacial score (nSPS) is 32.9. The molecule has 5 atom stereocenters. The number of carbonyl (C=O) groups excluding carboxylic acids is 1. The largest absolute Gasteiger partial charge is 0.459 e. The Hall–Kier alpha value is -1.37. The maximum atomic E-state index is 12.6. The molecule has 2 N–H and O–H groups in total. The van der Waals surface area contributed by atoms with Gasteiger partial charge in [-0.15, -0.1) is 0 Å². The smallest absolute Gasteiger partial charge is 0.456 e. The Balaban J connectivity index is 1.47. The van der Waals surface area contributed by atoms with E-state index in [-0.39, 0.29) is 30.8 Å². The number of hydrogen-bond donors (Lipinski definition) is 1. The van der Waals surface area contributed by atoms with Crippen molar-refractivity contribution in [3.8, 4) is 0 Å². The Morgan fingerprint density at radius 1 is 1.30 bits per heavy atom. The second-order valence-electron chi connectivity index (χ2n) is 11.3. The summed E-state index contributed by atoms with van der Waals surface area (Å²) in [5, 5.41) is 0. The highest BCUT2D eigenvalue weighted by Crippen LogP contribution is 2.65. The first kappa shape index (κ1) is 21.9. The fraction of sp³-hybridized carbons (Fsp3) is 0.708. The number of rotatable bonds is 4. The molecule has 3 saturated carbocycles. The van der Waals surface area contributed by atoms with Crippen LogP contribution in [-0.4, -0.2) is 30.4 Å². The average Bonchev–Trinajstić information content (AvgIpc) is 2.95. The lowest BCUT2D eigenvalue weighted by Gasteiger charge is -2.64. The summed E-state index contributed by atoms with van der Waals surface area (Å²) < 4.78 is 18.4. The minimum absolute atomic E-state index is 0.153. The molecule has 164 valence electrons. The molecular formula is C24H36BNO4. The average molecular weight is 413 g/mol. The van der Waals surface area contributed by atoms with Crippen LogP contribution in [0.15, 0.2) is 18.2 Å². The molecule has 1 aliphatic heterocycles. The summed E-state index contributed by atoms with van der Waals surface area (Å²) in [4.78, 5) is 12.6. The molecule has 5 nitrogen and oxygen atoms in total. The maximum absolute atomic E-state index is 12.6. The van der Waals surface area contributed by atoms with Crippen LogP contribution < -0.4 is 5.73 Å². The minimum atomic E-state index is -0.534. The van der Waals surface area contributed by atoms with Gasteiger partial charge in [-0.05, 0) is 81.9 Å². The van der Waals surface area contributed by atoms with Crippen LogP contribution in [0.1, 0.15) is 81.9 Å². The third-order valence-electron chi connectivity index (χ3n) is 7.84. The first-order chi connectivity index (χ1) is 13.8. The molecule has 1 heterocycles. The van der Waals surface area contributed by atoms with Crippen LogP contribution in [0.4, 0.5) is 0 Å². The fourth-order valence-corrected chi connectivity index (χ4v) is 6.00. The molecular weight excluding hydrogens is 377 g/mol. The molecule has 2 unspecified atom stereocenters. The second-order valence-corrected chi connectivity index (χ2v) is 11.3. The molecule has 4 fully saturated rings. The van der Waals surface area contributed by atoms with Gasteiger partial charge in [-0.1, -0.05) is 26.0 Å². The van der Waals surface area contributed by atoms with Crippen LogP contribution in [0, 0.1) is 24.2 Å². The van der Waals surface area contributed by atoms with Crippen molar-refractivity contribution in [2.24, 2.45) is 23.0 Å². The van der Waals surface area contributed by atoms with E-state index >= 15 is 0 Å². The van der Waals surface area contributed by atoms with Gasteiger partial charge in [0.15, 0.2) is 0 Å². The Morgan fingerprint density at radius 3 is 2.63 bits per heavy atom. The molecule has 6 heteroatoms. The second kappa shape index (κ2) is 7.08. The lowest BCUT2D eigenvalue weighted by molar-refractivity contribution is -0.199. The van der Waals surface area contributed by atoms with Crippen LogP contribution >= 0.6 is 0 Å². The molecule has 0 amide bonds. The van der Waals surface area contributed by atoms with E-state index in [4.69, 9.17) is 19.8 Å². The van der Waals surface area contributed by atoms with Crippen molar-refractivity contribution >= 4 is 13.1 Å². The number of nitrogens with two attached hydrogens (primary N) is 1. The van der Waals surface area contributed by atoms with E-state index in [2.05, 4.69) is 20.8 Å². The standard InChI is InChI=1S/C24H36BNO4/c1-14-16(9-8-10-17(14)21(27)28-22(2,3)4)18(26)13-25-29-20-12-15-11-19(23(15,5)6)24(20,7)30-25/h8-10,15,18-20H,11-13,26H2,1-7H3/t15-,18?,19-,20?,24-/m0/s1. The molecule has 0 radical (unpaired) electrons. The van der Waals surface area contributed by atoms with Gasteiger partial charge in [0.1, 0.15) is 5.60 Å². The van der Waals surface area contributed by atoms with Gasteiger partial charge in [0.2, 0.25) is 0 Å². The number of ether oxygens (including phenoxy) is 1. The van der Waals surface area contributed by atoms with Crippen LogP contribution in [0.5, 0.6) is 0 Å². The maximum Gasteiger partial charge on any atom is 0.459 e. The lowest BCUT2D eigenvalue weighted by Crippen LogP contribution is -2.65. The third kappa shape index (κ3) is 3.51. The first-order valence-corrected chi connectivity index (χ1v) is 11.2. The molecule has 1 aromatic rings. The summed E-state index contributed by atoms with van der Waals surface area (Å²) in [6, 6.07) is 5.38. The van der Waals surface area contributed by atoms with Gasteiger partial charge in [-0.25, -0.2) is 4.79 Å². The molecule has 30 heavy (non-hydrogen) atoms. The van der Waals surface area contributed by atoms with E-state index in [0.717, 1.165) is 23.5 Å². The molecule has 1 aromatic carbocycles. The van der Waals surface area contributed by atoms with Crippen LogP contribution in [0.3, 0.4) is 0 Å². The predicted octanol–water partition coefficient (Wildman–Crippen LogP) is 4.68. The van der Waals surface area contributed by atoms with E-state index in [9.17, 15) is 4.79 Å². The van der Waals surface area contributed by atoms with Crippen LogP contribution in [0.2, 0.25) is 6.32 Å². The third-order valence-corrected chi connectivity index (χ3v) is 7.84. The zero-order valence-corrected chi connectivity index (χ0v) is 19.5. The topological polar surface area (TPSA) is 70.8 Å². The SMILES string of the molecule is Cc1c(C(=O)OC(C)(C)C)cccc1C(N)CB1OC2C[C@@H]3C[C@@H](C3(C)C)[C@]2(C)O1. The highest BCUT2D eigenvalue weighted by Gasteiger charge is 2.67. The summed E-state index contributed by atoms with van der Waals surface area (Å²) in [6.45, 7) is 14.5. The van der Waals surface area contributed by atoms with Crippen molar-refractivity contribution in [2.75, 3.05) is 0 Å². The highest BCUT2D eigenvalue weighted by molar-refractivity contribution is 6.45. The van der Waals surface area contributed by atoms with Crippen molar-refractivity contribution < 1.29 is 18.8 Å². The van der Waals surface area contributed by atoms with E-state index in [0.29, 0.717) is 23.2 Å². The molecule has 1 saturated heterocycles. The summed E-state index contributed by atoms with van der Waals surface area (Å²) in [5.41, 5.74) is 8.52. The van der Waals surface area contributed by atoms with Crippen molar-refractivity contribution in [1.82, 2.24) is 0 Å². The van der Waals surface area contributed by atoms with Gasteiger partial charge < -0.3 is 19.8 Å². The van der Waals surface area contributed by atoms with Crippen molar-refractivity contribution in [3.05, 3.63) is 34.9 Å². The fourth-order valence-electron chi connectivity index (χ4n) is 6.00. The highest BCUT2D eigenvalue weighted by atomic mass is 16.7. The zero-order chi connectivity index (χ0) is 22.1. The van der Waals surface area contributed by atoms with Crippen LogP contribution in [0.25, 0.3) is 0 Å². The number of carbonyl (C=O) groups is 1. The van der Waals surface area contributed by atoms with E-state index in [1.807, 2.05) is 39.8 Å². The molecule has 3 aliphatic carbocycles. The Labute approximate surface area is 181 Å². The molecule has 4 aliphatic rings. The lowest BCUT2D eigenvalue weighted by atomic mass is 9.43. The summed E-state index contributed by atoms with van der Waals surface area (Å²) in [6.07, 6.45) is 3.03. The van der Waals surface area contributed by atoms with E-state index in [1.54, 1.807) is 6.07 Å². The molecule has 0 aromatic heterocycles. The zero-order valence-electron chi connectivity index (χ0n) is 19.5. The Kier molecular flexibility index (Phi) is 5.15. The van der Waals surface area contributed by atoms with Gasteiger partial charge in [0.05, 0.1) is 17.3 Å². The van der Waals surface area contributed by atoms with E-state index in [1.165, 1.54) is 6.42 Å². The summed E-state index contributed by atoms with van der Waals surface area (Å²) in [7, 11) is -0.310. The van der Waals surface area contributed by atoms with Gasteiger partial charge in [-0.3, -0.25) is 0 Å². The van der Waals surface area contributed by atoms with Gasteiger partial charge in [0.25, 0.3) is 0 Å². The Bertz CT molecular complexity index is 848. The first-order valence-electron chi connectivity index (χ1n) is 11.2. The van der Waals surface area contributed by atoms with Gasteiger partial charge in [0, 0.05) is 12.4 Å². The predicted molar refractivity (Wildman–Crippen MR) is 118 cm³/mol. The minimum Gasteiger partial charge on any atom is -0.456 e. The molecule has 5 rings (SSSR count). The number of benzene rings is 1. The summed E-state index contributed by atoms with van der Waals surface area (Å²) in [5.74, 6) is 0.944. The van der Waals surface area contributed by atoms with Crippen molar-refractivity contribution in [3.63, 3.8) is 0 Å². The monoisotopic (exact) mass is 413 g/mol. The quantitative estimate of drug-likeness (QED) is 0.573. The Morgan fingerprint density at radius 2 is 2.00 bits per heavy atom. The van der Waals surface area contributed by atoms with Gasteiger partial charge >= 0.3 is 13.1 Å². The van der Waals surface area contributed by atoms with E-state index < -0.39 is 5.60 Å². The van der Waals surface area contributed by atoms with Crippen LogP contribution in [-0.2, 0) is 14.0 Å². The van der Waals surface area contributed by atoms with Gasteiger partial charge in [-0.2, -0.15) is 0 Å². The molecule has 2 bridgehead atoms. The molecule has 0 spiro atoms. The number of esters is 1. The number of hydrogen-bond acceptors (Lipinski definition) is 5. The van der Waals surface area contributed by atoms with Crippen molar-refractivity contribution in [2.45, 2.75) is 91.0 Å². The summed E-state index contributed by atoms with van der Waals surface area (Å²) >= 11 is 0. The van der Waals surface area contributed by atoms with Crippen molar-refractivity contribution in [1.29, 1.82) is 0 Å².